The van der Waals surface area contributed by atoms with E-state index in [9.17, 15) is 0 Å². The van der Waals surface area contributed by atoms with Gasteiger partial charge in [-0.25, -0.2) is 4.98 Å². The van der Waals surface area contributed by atoms with Gasteiger partial charge in [0.25, 0.3) is 0 Å². The Hall–Kier alpha value is -1.19. The van der Waals surface area contributed by atoms with Gasteiger partial charge in [0.05, 0.1) is 0 Å². The van der Waals surface area contributed by atoms with Crippen LogP contribution in [0.5, 0.6) is 0 Å². The van der Waals surface area contributed by atoms with Crippen LogP contribution in [-0.4, -0.2) is 15.0 Å². The van der Waals surface area contributed by atoms with Crippen molar-refractivity contribution in [1.29, 1.82) is 0 Å². The van der Waals surface area contributed by atoms with E-state index in [0.717, 1.165) is 23.5 Å². The molecule has 3 unspecified atom stereocenters. The van der Waals surface area contributed by atoms with Gasteiger partial charge in [0, 0.05) is 11.8 Å². The van der Waals surface area contributed by atoms with Gasteiger partial charge in [0.15, 0.2) is 0 Å². The van der Waals surface area contributed by atoms with E-state index in [4.69, 9.17) is 10.7 Å². The zero-order valence-electron chi connectivity index (χ0n) is 12.1. The number of hydrogen-bond donors (Lipinski definition) is 1. The highest BCUT2D eigenvalue weighted by Crippen LogP contribution is 2.52. The fourth-order valence-electron chi connectivity index (χ4n) is 4.70. The smallest absolute Gasteiger partial charge is 0.223 e. The summed E-state index contributed by atoms with van der Waals surface area (Å²) in [6.07, 6.45) is 11.8. The molecule has 0 spiro atoms. The quantitative estimate of drug-likeness (QED) is 0.896. The Kier molecular flexibility index (Phi) is 3.12. The van der Waals surface area contributed by atoms with Crippen LogP contribution in [0.4, 0.5) is 5.95 Å². The van der Waals surface area contributed by atoms with Gasteiger partial charge in [-0.2, -0.15) is 9.97 Å². The lowest BCUT2D eigenvalue weighted by molar-refractivity contribution is 0.394. The van der Waals surface area contributed by atoms with Gasteiger partial charge in [-0.1, -0.05) is 25.7 Å². The monoisotopic (exact) mass is 272 g/mol. The minimum absolute atomic E-state index is 0.443. The Morgan fingerprint density at radius 2 is 1.60 bits per heavy atom. The minimum atomic E-state index is 0.443. The summed E-state index contributed by atoms with van der Waals surface area (Å²) in [7, 11) is 0. The Bertz CT molecular complexity index is 495. The van der Waals surface area contributed by atoms with Crippen molar-refractivity contribution in [2.75, 3.05) is 5.73 Å². The van der Waals surface area contributed by atoms with Crippen molar-refractivity contribution in [1.82, 2.24) is 15.0 Å². The first-order valence-electron chi connectivity index (χ1n) is 8.31. The summed E-state index contributed by atoms with van der Waals surface area (Å²) in [6, 6.07) is 0. The van der Waals surface area contributed by atoms with Crippen LogP contribution in [0.3, 0.4) is 0 Å². The van der Waals surface area contributed by atoms with Crippen molar-refractivity contribution < 1.29 is 0 Å². The van der Waals surface area contributed by atoms with Crippen molar-refractivity contribution in [2.24, 2.45) is 11.8 Å². The molecule has 4 heteroatoms. The van der Waals surface area contributed by atoms with Crippen LogP contribution >= 0.6 is 0 Å². The predicted molar refractivity (Wildman–Crippen MR) is 78.3 cm³/mol. The molecule has 0 aliphatic heterocycles. The SMILES string of the molecule is Nc1nc(C2CCCCC2)nc(C2CC3CCC2C3)n1. The maximum Gasteiger partial charge on any atom is 0.223 e. The summed E-state index contributed by atoms with van der Waals surface area (Å²) >= 11 is 0. The molecular formula is C16H24N4. The minimum Gasteiger partial charge on any atom is -0.368 e. The highest BCUT2D eigenvalue weighted by Gasteiger charge is 2.42. The summed E-state index contributed by atoms with van der Waals surface area (Å²) in [6.45, 7) is 0. The third-order valence-corrected chi connectivity index (χ3v) is 5.73. The number of aromatic nitrogens is 3. The summed E-state index contributed by atoms with van der Waals surface area (Å²) in [5.74, 6) is 5.23. The molecule has 4 rings (SSSR count). The van der Waals surface area contributed by atoms with Gasteiger partial charge in [0.2, 0.25) is 5.95 Å². The van der Waals surface area contributed by atoms with E-state index in [1.807, 2.05) is 0 Å². The summed E-state index contributed by atoms with van der Waals surface area (Å²) in [5.41, 5.74) is 5.97. The Balaban J connectivity index is 1.61. The van der Waals surface area contributed by atoms with Crippen molar-refractivity contribution in [3.8, 4) is 0 Å². The molecule has 3 aliphatic rings. The molecule has 1 heterocycles. The summed E-state index contributed by atoms with van der Waals surface area (Å²) in [5, 5.41) is 0. The topological polar surface area (TPSA) is 64.7 Å². The predicted octanol–water partition coefficient (Wildman–Crippen LogP) is 3.41. The molecule has 3 saturated carbocycles. The fraction of sp³-hybridized carbons (Fsp3) is 0.812. The van der Waals surface area contributed by atoms with Crippen LogP contribution in [0.15, 0.2) is 0 Å². The molecule has 3 atom stereocenters. The normalized spacial score (nSPS) is 33.7. The number of hydrogen-bond acceptors (Lipinski definition) is 4. The molecule has 1 aromatic rings. The van der Waals surface area contributed by atoms with Gasteiger partial charge < -0.3 is 5.73 Å². The fourth-order valence-corrected chi connectivity index (χ4v) is 4.70. The van der Waals surface area contributed by atoms with E-state index >= 15 is 0 Å². The van der Waals surface area contributed by atoms with E-state index in [1.165, 1.54) is 57.8 Å². The second kappa shape index (κ2) is 4.97. The van der Waals surface area contributed by atoms with Crippen LogP contribution in [0.25, 0.3) is 0 Å². The largest absolute Gasteiger partial charge is 0.368 e. The lowest BCUT2D eigenvalue weighted by Crippen LogP contribution is -2.18. The Morgan fingerprint density at radius 3 is 2.30 bits per heavy atom. The summed E-state index contributed by atoms with van der Waals surface area (Å²) < 4.78 is 0. The molecule has 108 valence electrons. The molecule has 0 saturated heterocycles. The molecule has 0 aromatic carbocycles. The molecule has 1 aromatic heterocycles. The van der Waals surface area contributed by atoms with Crippen molar-refractivity contribution in [3.63, 3.8) is 0 Å². The second-order valence-corrected chi connectivity index (χ2v) is 7.03. The van der Waals surface area contributed by atoms with Gasteiger partial charge >= 0.3 is 0 Å². The number of nitrogen functional groups attached to an aromatic ring is 1. The number of fused-ring (bicyclic) bond motifs is 2. The summed E-state index contributed by atoms with van der Waals surface area (Å²) in [4.78, 5) is 13.8. The Morgan fingerprint density at radius 1 is 0.800 bits per heavy atom. The third kappa shape index (κ3) is 2.19. The third-order valence-electron chi connectivity index (χ3n) is 5.73. The highest BCUT2D eigenvalue weighted by molar-refractivity contribution is 5.21. The van der Waals surface area contributed by atoms with Crippen molar-refractivity contribution in [3.05, 3.63) is 11.6 Å². The van der Waals surface area contributed by atoms with Gasteiger partial charge in [-0.3, -0.25) is 0 Å². The lowest BCUT2D eigenvalue weighted by atomic mass is 9.87. The van der Waals surface area contributed by atoms with Crippen LogP contribution in [0.1, 0.15) is 81.3 Å². The first-order chi connectivity index (χ1) is 9.79. The number of rotatable bonds is 2. The van der Waals surface area contributed by atoms with Crippen molar-refractivity contribution in [2.45, 2.75) is 69.6 Å². The van der Waals surface area contributed by atoms with Crippen LogP contribution in [0, 0.1) is 11.8 Å². The molecule has 20 heavy (non-hydrogen) atoms. The lowest BCUT2D eigenvalue weighted by Gasteiger charge is -2.23. The number of anilines is 1. The maximum atomic E-state index is 5.97. The molecule has 3 fully saturated rings. The molecule has 2 bridgehead atoms. The molecule has 4 nitrogen and oxygen atoms in total. The highest BCUT2D eigenvalue weighted by atomic mass is 15.1. The van der Waals surface area contributed by atoms with E-state index in [0.29, 0.717) is 17.8 Å². The molecule has 0 amide bonds. The molecular weight excluding hydrogens is 248 g/mol. The second-order valence-electron chi connectivity index (χ2n) is 7.03. The van der Waals surface area contributed by atoms with E-state index < -0.39 is 0 Å². The van der Waals surface area contributed by atoms with E-state index in [1.54, 1.807) is 0 Å². The first kappa shape index (κ1) is 12.5. The molecule has 2 N–H and O–H groups in total. The van der Waals surface area contributed by atoms with Crippen LogP contribution in [-0.2, 0) is 0 Å². The van der Waals surface area contributed by atoms with Crippen LogP contribution < -0.4 is 5.73 Å². The van der Waals surface area contributed by atoms with Crippen LogP contribution in [0.2, 0.25) is 0 Å². The average Bonchev–Trinajstić information content (AvgIpc) is 3.10. The van der Waals surface area contributed by atoms with Gasteiger partial charge in [-0.15, -0.1) is 0 Å². The molecule has 3 aliphatic carbocycles. The van der Waals surface area contributed by atoms with Crippen molar-refractivity contribution >= 4 is 5.95 Å². The average molecular weight is 272 g/mol. The maximum absolute atomic E-state index is 5.97. The van der Waals surface area contributed by atoms with E-state index in [2.05, 4.69) is 9.97 Å². The van der Waals surface area contributed by atoms with Gasteiger partial charge in [0.1, 0.15) is 11.6 Å². The van der Waals surface area contributed by atoms with E-state index in [-0.39, 0.29) is 0 Å². The molecule has 0 radical (unpaired) electrons. The number of nitrogens with two attached hydrogens (primary N) is 1. The Labute approximate surface area is 120 Å². The standard InChI is InChI=1S/C16H24N4/c17-16-19-14(11-4-2-1-3-5-11)18-15(20-16)13-9-10-6-7-12(13)8-10/h10-13H,1-9H2,(H2,17,18,19,20). The first-order valence-corrected chi connectivity index (χ1v) is 8.31. The van der Waals surface area contributed by atoms with Gasteiger partial charge in [-0.05, 0) is 43.9 Å². The zero-order valence-corrected chi connectivity index (χ0v) is 12.1. The number of nitrogens with zero attached hydrogens (tertiary/aromatic N) is 3. The zero-order chi connectivity index (χ0) is 13.5.